The molecule has 1 saturated carbocycles. The van der Waals surface area contributed by atoms with Crippen molar-refractivity contribution >= 4 is 29.9 Å². The van der Waals surface area contributed by atoms with Gasteiger partial charge < -0.3 is 16.0 Å². The molecule has 3 N–H and O–H groups in total. The minimum atomic E-state index is 0. The van der Waals surface area contributed by atoms with Crippen molar-refractivity contribution in [1.82, 2.24) is 15.1 Å². The van der Waals surface area contributed by atoms with E-state index in [1.807, 2.05) is 0 Å². The molecule has 6 heteroatoms. The Labute approximate surface area is 169 Å². The number of hydrogen-bond acceptors (Lipinski definition) is 3. The van der Waals surface area contributed by atoms with Crippen molar-refractivity contribution in [2.75, 3.05) is 39.8 Å². The van der Waals surface area contributed by atoms with Crippen LogP contribution in [-0.2, 0) is 13.1 Å². The molecular formula is C19H32IN5. The van der Waals surface area contributed by atoms with E-state index in [4.69, 9.17) is 5.73 Å². The molecule has 0 unspecified atom stereocenters. The second-order valence-electron chi connectivity index (χ2n) is 7.28. The molecule has 3 rings (SSSR count). The third kappa shape index (κ3) is 6.75. The second kappa shape index (κ2) is 10.3. The first-order valence-corrected chi connectivity index (χ1v) is 9.21. The minimum absolute atomic E-state index is 0. The summed E-state index contributed by atoms with van der Waals surface area (Å²) in [5.74, 6) is 1.37. The zero-order chi connectivity index (χ0) is 16.8. The zero-order valence-electron chi connectivity index (χ0n) is 15.3. The van der Waals surface area contributed by atoms with Gasteiger partial charge in [0.05, 0.1) is 6.54 Å². The van der Waals surface area contributed by atoms with Crippen LogP contribution in [0.15, 0.2) is 29.3 Å². The van der Waals surface area contributed by atoms with Gasteiger partial charge >= 0.3 is 0 Å². The van der Waals surface area contributed by atoms with Crippen LogP contribution in [0.2, 0.25) is 0 Å². The molecule has 5 nitrogen and oxygen atoms in total. The monoisotopic (exact) mass is 457 g/mol. The number of aliphatic imine (C=N–C) groups is 1. The van der Waals surface area contributed by atoms with Gasteiger partial charge in [0.15, 0.2) is 5.96 Å². The molecule has 2 aliphatic rings. The van der Waals surface area contributed by atoms with Crippen LogP contribution in [0.4, 0.5) is 0 Å². The number of likely N-dealkylation sites (N-methyl/N-ethyl adjacent to an activating group) is 1. The standard InChI is InChI=1S/C19H31N5.HI/c1-23-9-11-24(12-10-23)15-18-7-5-17(6-8-18)14-22-19(20)21-13-16-3-2-4-16;/h5-8,16H,2-4,9-15H2,1H3,(H3,20,21,22);1H. The minimum Gasteiger partial charge on any atom is -0.370 e. The molecular weight excluding hydrogens is 425 g/mol. The van der Waals surface area contributed by atoms with Gasteiger partial charge in [-0.2, -0.15) is 0 Å². The van der Waals surface area contributed by atoms with Gasteiger partial charge in [-0.05, 0) is 36.9 Å². The van der Waals surface area contributed by atoms with Gasteiger partial charge in [0, 0.05) is 39.3 Å². The van der Waals surface area contributed by atoms with Crippen LogP contribution in [0, 0.1) is 5.92 Å². The van der Waals surface area contributed by atoms with Gasteiger partial charge in [-0.1, -0.05) is 30.7 Å². The molecule has 0 atom stereocenters. The summed E-state index contributed by atoms with van der Waals surface area (Å²) in [6.07, 6.45) is 4.02. The largest absolute Gasteiger partial charge is 0.370 e. The summed E-state index contributed by atoms with van der Waals surface area (Å²) in [4.78, 5) is 9.36. The molecule has 0 spiro atoms. The average molecular weight is 457 g/mol. The van der Waals surface area contributed by atoms with Crippen molar-refractivity contribution in [2.45, 2.75) is 32.4 Å². The topological polar surface area (TPSA) is 56.9 Å². The normalized spacial score (nSPS) is 20.0. The number of benzene rings is 1. The maximum absolute atomic E-state index is 5.94. The van der Waals surface area contributed by atoms with Gasteiger partial charge in [0.1, 0.15) is 0 Å². The van der Waals surface area contributed by atoms with Crippen LogP contribution in [-0.4, -0.2) is 55.5 Å². The predicted molar refractivity (Wildman–Crippen MR) is 115 cm³/mol. The molecule has 0 amide bonds. The third-order valence-electron chi connectivity index (χ3n) is 5.25. The van der Waals surface area contributed by atoms with E-state index in [1.165, 1.54) is 43.5 Å². The maximum atomic E-state index is 5.94. The van der Waals surface area contributed by atoms with E-state index in [1.54, 1.807) is 0 Å². The molecule has 0 bridgehead atoms. The lowest BCUT2D eigenvalue weighted by molar-refractivity contribution is 0.148. The maximum Gasteiger partial charge on any atom is 0.188 e. The van der Waals surface area contributed by atoms with Crippen LogP contribution in [0.25, 0.3) is 0 Å². The Morgan fingerprint density at radius 1 is 1.12 bits per heavy atom. The summed E-state index contributed by atoms with van der Waals surface area (Å²) >= 11 is 0. The predicted octanol–water partition coefficient (Wildman–Crippen LogP) is 2.26. The lowest BCUT2D eigenvalue weighted by Gasteiger charge is -2.32. The van der Waals surface area contributed by atoms with Gasteiger partial charge in [-0.25, -0.2) is 4.99 Å². The summed E-state index contributed by atoms with van der Waals surface area (Å²) in [6, 6.07) is 8.80. The van der Waals surface area contributed by atoms with E-state index in [0.29, 0.717) is 12.5 Å². The Morgan fingerprint density at radius 2 is 1.76 bits per heavy atom. The molecule has 0 radical (unpaired) electrons. The lowest BCUT2D eigenvalue weighted by Crippen LogP contribution is -2.43. The molecule has 1 aromatic carbocycles. The van der Waals surface area contributed by atoms with Crippen LogP contribution < -0.4 is 11.1 Å². The number of hydrogen-bond donors (Lipinski definition) is 2. The highest BCUT2D eigenvalue weighted by atomic mass is 127. The molecule has 2 fully saturated rings. The van der Waals surface area contributed by atoms with Gasteiger partial charge in [0.2, 0.25) is 0 Å². The Kier molecular flexibility index (Phi) is 8.45. The van der Waals surface area contributed by atoms with E-state index in [0.717, 1.165) is 32.1 Å². The molecule has 1 aliphatic heterocycles. The number of halogens is 1. The molecule has 1 aromatic rings. The number of nitrogens with two attached hydrogens (primary N) is 1. The van der Waals surface area contributed by atoms with Crippen LogP contribution >= 0.6 is 24.0 Å². The van der Waals surface area contributed by atoms with Crippen molar-refractivity contribution < 1.29 is 0 Å². The fraction of sp³-hybridized carbons (Fsp3) is 0.632. The number of nitrogens with zero attached hydrogens (tertiary/aromatic N) is 3. The first kappa shape index (κ1) is 20.5. The van der Waals surface area contributed by atoms with E-state index in [-0.39, 0.29) is 24.0 Å². The fourth-order valence-corrected chi connectivity index (χ4v) is 3.19. The summed E-state index contributed by atoms with van der Waals surface area (Å²) in [5, 5.41) is 3.24. The summed E-state index contributed by atoms with van der Waals surface area (Å²) in [5.41, 5.74) is 8.53. The number of rotatable bonds is 6. The fourth-order valence-electron chi connectivity index (χ4n) is 3.19. The van der Waals surface area contributed by atoms with Crippen LogP contribution in [0.3, 0.4) is 0 Å². The van der Waals surface area contributed by atoms with Crippen molar-refractivity contribution in [3.05, 3.63) is 35.4 Å². The number of nitrogens with one attached hydrogen (secondary N) is 1. The zero-order valence-corrected chi connectivity index (χ0v) is 17.6. The van der Waals surface area contributed by atoms with E-state index in [9.17, 15) is 0 Å². The van der Waals surface area contributed by atoms with Gasteiger partial charge in [-0.3, -0.25) is 4.90 Å². The first-order valence-electron chi connectivity index (χ1n) is 9.21. The lowest BCUT2D eigenvalue weighted by atomic mass is 9.85. The molecule has 140 valence electrons. The molecule has 0 aromatic heterocycles. The highest BCUT2D eigenvalue weighted by molar-refractivity contribution is 14.0. The van der Waals surface area contributed by atoms with Gasteiger partial charge in [-0.15, -0.1) is 24.0 Å². The van der Waals surface area contributed by atoms with E-state index in [2.05, 4.69) is 51.4 Å². The van der Waals surface area contributed by atoms with Crippen molar-refractivity contribution in [1.29, 1.82) is 0 Å². The number of piperazine rings is 1. The van der Waals surface area contributed by atoms with E-state index >= 15 is 0 Å². The molecule has 1 saturated heterocycles. The quantitative estimate of drug-likeness (QED) is 0.391. The van der Waals surface area contributed by atoms with Crippen molar-refractivity contribution in [3.8, 4) is 0 Å². The molecule has 1 heterocycles. The summed E-state index contributed by atoms with van der Waals surface area (Å²) < 4.78 is 0. The van der Waals surface area contributed by atoms with Crippen molar-refractivity contribution in [3.63, 3.8) is 0 Å². The second-order valence-corrected chi connectivity index (χ2v) is 7.28. The molecule has 25 heavy (non-hydrogen) atoms. The Balaban J connectivity index is 0.00000225. The molecule has 1 aliphatic carbocycles. The average Bonchev–Trinajstić information content (AvgIpc) is 2.55. The Hall–Kier alpha value is -0.860. The highest BCUT2D eigenvalue weighted by Crippen LogP contribution is 2.24. The summed E-state index contributed by atoms with van der Waals surface area (Å²) in [6.45, 7) is 7.32. The van der Waals surface area contributed by atoms with Crippen molar-refractivity contribution in [2.24, 2.45) is 16.6 Å². The van der Waals surface area contributed by atoms with E-state index < -0.39 is 0 Å². The summed E-state index contributed by atoms with van der Waals surface area (Å²) in [7, 11) is 2.19. The van der Waals surface area contributed by atoms with Crippen LogP contribution in [0.1, 0.15) is 30.4 Å². The highest BCUT2D eigenvalue weighted by Gasteiger charge is 2.16. The third-order valence-corrected chi connectivity index (χ3v) is 5.25. The Bertz CT molecular complexity index is 533. The first-order chi connectivity index (χ1) is 11.7. The Morgan fingerprint density at radius 3 is 2.36 bits per heavy atom. The van der Waals surface area contributed by atoms with Crippen LogP contribution in [0.5, 0.6) is 0 Å². The SMILES string of the molecule is CN1CCN(Cc2ccc(CN=C(N)NCC3CCC3)cc2)CC1.I. The smallest absolute Gasteiger partial charge is 0.188 e. The number of guanidine groups is 1. The van der Waals surface area contributed by atoms with Gasteiger partial charge in [0.25, 0.3) is 0 Å².